The van der Waals surface area contributed by atoms with Crippen molar-refractivity contribution in [3.05, 3.63) is 30.6 Å². The molecule has 0 saturated heterocycles. The van der Waals surface area contributed by atoms with E-state index >= 15 is 0 Å². The summed E-state index contributed by atoms with van der Waals surface area (Å²) in [6.45, 7) is 1.70. The minimum absolute atomic E-state index is 0.0563. The first-order valence-corrected chi connectivity index (χ1v) is 9.03. The summed E-state index contributed by atoms with van der Waals surface area (Å²) in [4.78, 5) is 7.91. The summed E-state index contributed by atoms with van der Waals surface area (Å²) in [6.07, 6.45) is 0. The van der Waals surface area contributed by atoms with Crippen LogP contribution in [0.5, 0.6) is 0 Å². The Kier molecular flexibility index (Phi) is 4.51. The number of sulfonamides is 1. The minimum atomic E-state index is -3.76. The Morgan fingerprint density at radius 2 is 2.00 bits per heavy atom. The molecule has 0 radical (unpaired) electrons. The highest BCUT2D eigenvalue weighted by atomic mass is 79.9. The third-order valence-corrected chi connectivity index (χ3v) is 6.24. The molecule has 0 atom stereocenters. The van der Waals surface area contributed by atoms with Gasteiger partial charge in [0.05, 0.1) is 7.57 Å². The zero-order valence-electron chi connectivity index (χ0n) is 9.32. The summed E-state index contributed by atoms with van der Waals surface area (Å²) in [6, 6.07) is 3.03. The number of rotatable bonds is 3. The zero-order chi connectivity index (χ0) is 14.2. The van der Waals surface area contributed by atoms with Gasteiger partial charge in [-0.25, -0.2) is 23.1 Å². The number of hydrogen-bond acceptors (Lipinski definition) is 5. The molecule has 2 aromatic heterocycles. The average Bonchev–Trinajstić information content (AvgIpc) is 2.56. The fourth-order valence-corrected chi connectivity index (χ4v) is 6.25. The second-order valence-electron chi connectivity index (χ2n) is 3.45. The molecule has 1 N–H and O–H groups in total. The van der Waals surface area contributed by atoms with Crippen molar-refractivity contribution < 1.29 is 8.42 Å². The molecule has 2 heterocycles. The van der Waals surface area contributed by atoms with Gasteiger partial charge >= 0.3 is 0 Å². The lowest BCUT2D eigenvalue weighted by Gasteiger charge is -2.06. The van der Waals surface area contributed by atoms with E-state index in [1.807, 2.05) is 0 Å². The number of halogens is 3. The van der Waals surface area contributed by atoms with Gasteiger partial charge in [-0.1, -0.05) is 11.6 Å². The van der Waals surface area contributed by atoms with Gasteiger partial charge in [0.15, 0.2) is 0 Å². The van der Waals surface area contributed by atoms with Gasteiger partial charge in [0, 0.05) is 5.69 Å². The fraction of sp³-hybridized carbons (Fsp3) is 0.111. The van der Waals surface area contributed by atoms with Crippen LogP contribution in [0.2, 0.25) is 5.15 Å². The summed E-state index contributed by atoms with van der Waals surface area (Å²) in [5, 5.41) is 0.177. The molecule has 10 heteroatoms. The van der Waals surface area contributed by atoms with Crippen molar-refractivity contribution in [1.29, 1.82) is 0 Å². The highest BCUT2D eigenvalue weighted by molar-refractivity contribution is 9.12. The number of anilines is 1. The van der Waals surface area contributed by atoms with Crippen LogP contribution in [0, 0.1) is 6.92 Å². The van der Waals surface area contributed by atoms with Crippen LogP contribution < -0.4 is 4.72 Å². The maximum absolute atomic E-state index is 12.2. The lowest BCUT2D eigenvalue weighted by atomic mass is 10.5. The Hall–Kier alpha value is -0.220. The smallest absolute Gasteiger partial charge is 0.247 e. The van der Waals surface area contributed by atoms with Crippen molar-refractivity contribution in [2.75, 3.05) is 4.72 Å². The molecule has 0 aliphatic rings. The molecule has 0 bridgehead atoms. The van der Waals surface area contributed by atoms with Crippen LogP contribution in [0.25, 0.3) is 0 Å². The maximum Gasteiger partial charge on any atom is 0.266 e. The van der Waals surface area contributed by atoms with Gasteiger partial charge in [0.1, 0.15) is 10.0 Å². The van der Waals surface area contributed by atoms with Gasteiger partial charge in [-0.3, -0.25) is 0 Å². The summed E-state index contributed by atoms with van der Waals surface area (Å²) in [7, 11) is -3.76. The number of aryl methyl sites for hydroxylation is 1. The molecular formula is C9H6Br2ClN3O2S2. The summed E-state index contributed by atoms with van der Waals surface area (Å²) < 4.78 is 27.8. The molecule has 0 aliphatic carbocycles. The van der Waals surface area contributed by atoms with E-state index < -0.39 is 10.0 Å². The van der Waals surface area contributed by atoms with Crippen LogP contribution in [-0.2, 0) is 10.0 Å². The highest BCUT2D eigenvalue weighted by Crippen LogP contribution is 2.35. The van der Waals surface area contributed by atoms with Crippen molar-refractivity contribution in [3.8, 4) is 0 Å². The number of nitrogens with one attached hydrogen (secondary N) is 1. The third kappa shape index (κ3) is 3.66. The predicted molar refractivity (Wildman–Crippen MR) is 82.3 cm³/mol. The average molecular weight is 448 g/mol. The first kappa shape index (κ1) is 15.2. The number of nitrogens with zero attached hydrogens (tertiary/aromatic N) is 2. The SMILES string of the molecule is Cc1cc(Cl)nc(NS(=O)(=O)c2cc(Br)sc2Br)n1. The van der Waals surface area contributed by atoms with Crippen molar-refractivity contribution in [2.45, 2.75) is 11.8 Å². The van der Waals surface area contributed by atoms with E-state index in [0.717, 1.165) is 0 Å². The molecule has 0 aromatic carbocycles. The van der Waals surface area contributed by atoms with Gasteiger partial charge in [-0.2, -0.15) is 0 Å². The standard InChI is InChI=1S/C9H6Br2ClN3O2S2/c1-4-2-7(12)14-9(13-4)15-19(16,17)5-3-6(10)18-8(5)11/h2-3H,1H3,(H,13,14,15). The second-order valence-corrected chi connectivity index (χ2v) is 9.24. The zero-order valence-corrected chi connectivity index (χ0v) is 14.9. The largest absolute Gasteiger partial charge is 0.266 e. The van der Waals surface area contributed by atoms with Crippen LogP contribution in [0.4, 0.5) is 5.95 Å². The molecule has 0 saturated carbocycles. The van der Waals surface area contributed by atoms with Crippen molar-refractivity contribution in [2.24, 2.45) is 0 Å². The van der Waals surface area contributed by atoms with Crippen molar-refractivity contribution >= 4 is 70.8 Å². The van der Waals surface area contributed by atoms with Gasteiger partial charge in [0.25, 0.3) is 10.0 Å². The highest BCUT2D eigenvalue weighted by Gasteiger charge is 2.21. The van der Waals surface area contributed by atoms with Crippen LogP contribution in [0.1, 0.15) is 5.69 Å². The van der Waals surface area contributed by atoms with Gasteiger partial charge in [-0.05, 0) is 50.9 Å². The Labute approximate surface area is 135 Å². The monoisotopic (exact) mass is 445 g/mol. The van der Waals surface area contributed by atoms with Crippen LogP contribution in [-0.4, -0.2) is 18.4 Å². The van der Waals surface area contributed by atoms with Gasteiger partial charge in [0.2, 0.25) is 5.95 Å². The summed E-state index contributed by atoms with van der Waals surface area (Å²) in [5.41, 5.74) is 0.572. The molecule has 0 unspecified atom stereocenters. The van der Waals surface area contributed by atoms with Gasteiger partial charge in [-0.15, -0.1) is 11.3 Å². The third-order valence-electron chi connectivity index (χ3n) is 1.96. The van der Waals surface area contributed by atoms with E-state index in [9.17, 15) is 8.42 Å². The molecular weight excluding hydrogens is 442 g/mol. The number of thiophene rings is 1. The van der Waals surface area contributed by atoms with Crippen LogP contribution in [0.15, 0.2) is 24.6 Å². The summed E-state index contributed by atoms with van der Waals surface area (Å²) >= 11 is 13.4. The first-order valence-electron chi connectivity index (χ1n) is 4.77. The van der Waals surface area contributed by atoms with E-state index in [4.69, 9.17) is 11.6 Å². The molecule has 102 valence electrons. The van der Waals surface area contributed by atoms with E-state index in [2.05, 4.69) is 46.5 Å². The van der Waals surface area contributed by atoms with E-state index in [1.54, 1.807) is 6.92 Å². The molecule has 2 aromatic rings. The lowest BCUT2D eigenvalue weighted by molar-refractivity contribution is 0.600. The molecule has 0 amide bonds. The fourth-order valence-electron chi connectivity index (χ4n) is 1.26. The molecule has 19 heavy (non-hydrogen) atoms. The first-order chi connectivity index (χ1) is 8.78. The van der Waals surface area contributed by atoms with Crippen LogP contribution in [0.3, 0.4) is 0 Å². The van der Waals surface area contributed by atoms with Crippen molar-refractivity contribution in [3.63, 3.8) is 0 Å². The lowest BCUT2D eigenvalue weighted by Crippen LogP contribution is -2.15. The molecule has 0 spiro atoms. The minimum Gasteiger partial charge on any atom is -0.247 e. The molecule has 5 nitrogen and oxygen atoms in total. The maximum atomic E-state index is 12.2. The molecule has 0 fully saturated rings. The van der Waals surface area contributed by atoms with Crippen LogP contribution >= 0.6 is 54.8 Å². The number of hydrogen-bond donors (Lipinski definition) is 1. The van der Waals surface area contributed by atoms with E-state index in [0.29, 0.717) is 13.3 Å². The Morgan fingerprint density at radius 1 is 1.32 bits per heavy atom. The Morgan fingerprint density at radius 3 is 2.53 bits per heavy atom. The normalized spacial score (nSPS) is 11.6. The van der Waals surface area contributed by atoms with Crippen molar-refractivity contribution in [1.82, 2.24) is 9.97 Å². The quantitative estimate of drug-likeness (QED) is 0.726. The Bertz CT molecular complexity index is 713. The topological polar surface area (TPSA) is 72.0 Å². The summed E-state index contributed by atoms with van der Waals surface area (Å²) in [5.74, 6) is -0.0563. The van der Waals surface area contributed by atoms with E-state index in [1.165, 1.54) is 23.5 Å². The molecule has 0 aliphatic heterocycles. The Balaban J connectivity index is 2.39. The second kappa shape index (κ2) is 5.65. The van der Waals surface area contributed by atoms with Gasteiger partial charge < -0.3 is 0 Å². The molecule has 2 rings (SSSR count). The number of aromatic nitrogens is 2. The predicted octanol–water partition coefficient (Wildman–Crippen LogP) is 3.83. The van der Waals surface area contributed by atoms with E-state index in [-0.39, 0.29) is 16.0 Å².